The summed E-state index contributed by atoms with van der Waals surface area (Å²) < 4.78 is 10.0. The molecule has 3 rings (SSSR count). The third kappa shape index (κ3) is 5.76. The molecule has 1 aliphatic rings. The van der Waals surface area contributed by atoms with E-state index in [1.807, 2.05) is 0 Å². The van der Waals surface area contributed by atoms with Crippen LogP contribution in [0.3, 0.4) is 0 Å². The van der Waals surface area contributed by atoms with Crippen molar-refractivity contribution in [1.29, 1.82) is 0 Å². The van der Waals surface area contributed by atoms with E-state index in [2.05, 4.69) is 5.32 Å². The van der Waals surface area contributed by atoms with E-state index < -0.39 is 17.1 Å². The molecule has 1 N–H and O–H groups in total. The van der Waals surface area contributed by atoms with Gasteiger partial charge < -0.3 is 14.8 Å². The number of benzene rings is 2. The molecule has 0 unspecified atom stereocenters. The van der Waals surface area contributed by atoms with Crippen molar-refractivity contribution in [2.24, 2.45) is 0 Å². The Morgan fingerprint density at radius 2 is 1.75 bits per heavy atom. The predicted octanol–water partition coefficient (Wildman–Crippen LogP) is 3.94. The van der Waals surface area contributed by atoms with Crippen molar-refractivity contribution in [1.82, 2.24) is 4.90 Å². The monoisotopic (exact) mass is 454 g/mol. The number of amides is 3. The van der Waals surface area contributed by atoms with Gasteiger partial charge in [0.25, 0.3) is 11.1 Å². The Labute approximate surface area is 189 Å². The van der Waals surface area contributed by atoms with Gasteiger partial charge in [0.15, 0.2) is 0 Å². The predicted molar refractivity (Wildman–Crippen MR) is 121 cm³/mol. The minimum Gasteiger partial charge on any atom is -0.497 e. The SMILES string of the molecule is CCOC(=O)c1ccc(NC(=O)CCN2C(=O)S/C(=C\c3ccc(OC)cc3)C2=O)cc1. The molecule has 0 aliphatic carbocycles. The van der Waals surface area contributed by atoms with E-state index in [0.29, 0.717) is 21.9 Å². The molecule has 2 aromatic carbocycles. The first-order valence-electron chi connectivity index (χ1n) is 9.87. The van der Waals surface area contributed by atoms with Crippen molar-refractivity contribution in [3.63, 3.8) is 0 Å². The molecule has 0 radical (unpaired) electrons. The standard InChI is InChI=1S/C23H22N2O6S/c1-3-31-22(28)16-6-8-17(9-7-16)24-20(26)12-13-25-21(27)19(32-23(25)29)14-15-4-10-18(30-2)11-5-15/h4-11,14H,3,12-13H2,1-2H3,(H,24,26)/b19-14-. The largest absolute Gasteiger partial charge is 0.497 e. The summed E-state index contributed by atoms with van der Waals surface area (Å²) >= 11 is 0.842. The van der Waals surface area contributed by atoms with Crippen LogP contribution >= 0.6 is 11.8 Å². The van der Waals surface area contributed by atoms with E-state index in [4.69, 9.17) is 9.47 Å². The molecule has 3 amide bonds. The third-order valence-electron chi connectivity index (χ3n) is 4.53. The van der Waals surface area contributed by atoms with Crippen LogP contribution in [0.1, 0.15) is 29.3 Å². The Morgan fingerprint density at radius 3 is 2.38 bits per heavy atom. The highest BCUT2D eigenvalue weighted by Gasteiger charge is 2.35. The lowest BCUT2D eigenvalue weighted by Gasteiger charge is -2.12. The number of thioether (sulfide) groups is 1. The first-order chi connectivity index (χ1) is 15.4. The average Bonchev–Trinajstić information content (AvgIpc) is 3.05. The molecule has 0 atom stereocenters. The van der Waals surface area contributed by atoms with Crippen LogP contribution in [0.5, 0.6) is 5.75 Å². The second-order valence-corrected chi connectivity index (χ2v) is 7.70. The van der Waals surface area contributed by atoms with Crippen molar-refractivity contribution in [2.75, 3.05) is 25.6 Å². The normalized spacial score (nSPS) is 14.6. The van der Waals surface area contributed by atoms with E-state index in [-0.39, 0.29) is 25.5 Å². The number of nitrogens with one attached hydrogen (secondary N) is 1. The number of esters is 1. The Kier molecular flexibility index (Phi) is 7.67. The van der Waals surface area contributed by atoms with Crippen molar-refractivity contribution in [3.8, 4) is 5.75 Å². The number of methoxy groups -OCH3 is 1. The van der Waals surface area contributed by atoms with E-state index in [1.54, 1.807) is 68.6 Å². The highest BCUT2D eigenvalue weighted by Crippen LogP contribution is 2.32. The second kappa shape index (κ2) is 10.6. The molecule has 2 aromatic rings. The smallest absolute Gasteiger partial charge is 0.338 e. The lowest BCUT2D eigenvalue weighted by molar-refractivity contribution is -0.123. The van der Waals surface area contributed by atoms with Crippen molar-refractivity contribution < 1.29 is 28.7 Å². The van der Waals surface area contributed by atoms with Crippen LogP contribution in [-0.2, 0) is 14.3 Å². The van der Waals surface area contributed by atoms with E-state index in [0.717, 1.165) is 22.2 Å². The Morgan fingerprint density at radius 1 is 1.06 bits per heavy atom. The van der Waals surface area contributed by atoms with Crippen LogP contribution in [0.4, 0.5) is 10.5 Å². The molecule has 32 heavy (non-hydrogen) atoms. The van der Waals surface area contributed by atoms with Gasteiger partial charge in [-0.2, -0.15) is 0 Å². The minimum absolute atomic E-state index is 0.0304. The summed E-state index contributed by atoms with van der Waals surface area (Å²) in [5.41, 5.74) is 1.64. The van der Waals surface area contributed by atoms with Crippen LogP contribution in [0.25, 0.3) is 6.08 Å². The fraction of sp³-hybridized carbons (Fsp3) is 0.217. The Bertz CT molecular complexity index is 1050. The van der Waals surface area contributed by atoms with Crippen LogP contribution < -0.4 is 10.1 Å². The van der Waals surface area contributed by atoms with Crippen LogP contribution in [0.2, 0.25) is 0 Å². The summed E-state index contributed by atoms with van der Waals surface area (Å²) in [7, 11) is 1.56. The number of hydrogen-bond donors (Lipinski definition) is 1. The number of rotatable bonds is 8. The molecule has 1 heterocycles. The quantitative estimate of drug-likeness (QED) is 0.476. The maximum absolute atomic E-state index is 12.6. The molecule has 166 valence electrons. The lowest BCUT2D eigenvalue weighted by atomic mass is 10.2. The topological polar surface area (TPSA) is 102 Å². The molecular weight excluding hydrogens is 432 g/mol. The van der Waals surface area contributed by atoms with Gasteiger partial charge in [0, 0.05) is 18.7 Å². The Balaban J connectivity index is 1.55. The lowest BCUT2D eigenvalue weighted by Crippen LogP contribution is -2.31. The van der Waals surface area contributed by atoms with E-state index in [1.165, 1.54) is 0 Å². The Hall–Kier alpha value is -3.59. The number of anilines is 1. The summed E-state index contributed by atoms with van der Waals surface area (Å²) in [4.78, 5) is 50.1. The van der Waals surface area contributed by atoms with Gasteiger partial charge >= 0.3 is 5.97 Å². The summed E-state index contributed by atoms with van der Waals surface area (Å²) in [5.74, 6) is -0.529. The van der Waals surface area contributed by atoms with Gasteiger partial charge in [0.1, 0.15) is 5.75 Å². The number of imide groups is 1. The molecule has 0 spiro atoms. The van der Waals surface area contributed by atoms with Gasteiger partial charge in [-0.1, -0.05) is 12.1 Å². The van der Waals surface area contributed by atoms with Crippen molar-refractivity contribution >= 4 is 46.5 Å². The van der Waals surface area contributed by atoms with Gasteiger partial charge in [-0.15, -0.1) is 0 Å². The van der Waals surface area contributed by atoms with Gasteiger partial charge in [-0.05, 0) is 66.7 Å². The summed E-state index contributed by atoms with van der Waals surface area (Å²) in [6.07, 6.45) is 1.59. The number of hydrogen-bond acceptors (Lipinski definition) is 7. The molecular formula is C23H22N2O6S. The maximum atomic E-state index is 12.6. The van der Waals surface area contributed by atoms with Gasteiger partial charge in [0.05, 0.1) is 24.2 Å². The van der Waals surface area contributed by atoms with Crippen LogP contribution in [-0.4, -0.2) is 48.2 Å². The van der Waals surface area contributed by atoms with Crippen molar-refractivity contribution in [3.05, 3.63) is 64.6 Å². The molecule has 0 aromatic heterocycles. The molecule has 1 saturated heterocycles. The van der Waals surface area contributed by atoms with Gasteiger partial charge in [-0.3, -0.25) is 19.3 Å². The van der Waals surface area contributed by atoms with Gasteiger partial charge in [-0.25, -0.2) is 4.79 Å². The van der Waals surface area contributed by atoms with Crippen LogP contribution in [0, 0.1) is 0 Å². The third-order valence-corrected chi connectivity index (χ3v) is 5.44. The van der Waals surface area contributed by atoms with Crippen LogP contribution in [0.15, 0.2) is 53.4 Å². The fourth-order valence-corrected chi connectivity index (χ4v) is 3.75. The number of carbonyl (C=O) groups is 4. The van der Waals surface area contributed by atoms with E-state index >= 15 is 0 Å². The number of ether oxygens (including phenoxy) is 2. The summed E-state index contributed by atoms with van der Waals surface area (Å²) in [5, 5.41) is 2.27. The molecule has 0 saturated carbocycles. The molecule has 1 aliphatic heterocycles. The molecule has 9 heteroatoms. The highest BCUT2D eigenvalue weighted by atomic mass is 32.2. The van der Waals surface area contributed by atoms with E-state index in [9.17, 15) is 19.2 Å². The average molecular weight is 455 g/mol. The molecule has 8 nitrogen and oxygen atoms in total. The minimum atomic E-state index is -0.438. The number of nitrogens with zero attached hydrogens (tertiary/aromatic N) is 1. The first kappa shape index (κ1) is 23.1. The highest BCUT2D eigenvalue weighted by molar-refractivity contribution is 8.18. The maximum Gasteiger partial charge on any atom is 0.338 e. The summed E-state index contributed by atoms with van der Waals surface area (Å²) in [6, 6.07) is 13.4. The fourth-order valence-electron chi connectivity index (χ4n) is 2.89. The van der Waals surface area contributed by atoms with Crippen molar-refractivity contribution in [2.45, 2.75) is 13.3 Å². The summed E-state index contributed by atoms with van der Waals surface area (Å²) in [6.45, 7) is 1.97. The second-order valence-electron chi connectivity index (χ2n) is 6.70. The zero-order valence-electron chi connectivity index (χ0n) is 17.6. The van der Waals surface area contributed by atoms with Gasteiger partial charge in [0.2, 0.25) is 5.91 Å². The number of carbonyl (C=O) groups excluding carboxylic acids is 4. The zero-order valence-corrected chi connectivity index (χ0v) is 18.4. The first-order valence-corrected chi connectivity index (χ1v) is 10.7. The molecule has 0 bridgehead atoms. The zero-order chi connectivity index (χ0) is 23.1. The molecule has 1 fully saturated rings.